The fourth-order valence-electron chi connectivity index (χ4n) is 3.62. The van der Waals surface area contributed by atoms with Crippen LogP contribution in [-0.4, -0.2) is 34.2 Å². The molecule has 2 amide bonds. The van der Waals surface area contributed by atoms with Crippen molar-refractivity contribution in [3.05, 3.63) is 58.1 Å². The van der Waals surface area contributed by atoms with Gasteiger partial charge in [-0.25, -0.2) is 4.79 Å². The average molecular weight is 397 g/mol. The Bertz CT molecular complexity index is 922. The second-order valence-corrected chi connectivity index (χ2v) is 8.26. The van der Waals surface area contributed by atoms with E-state index in [1.807, 2.05) is 53.6 Å². The van der Waals surface area contributed by atoms with Crippen LogP contribution in [0.1, 0.15) is 29.2 Å². The minimum absolute atomic E-state index is 0.00392. The molecule has 6 nitrogen and oxygen atoms in total. The quantitative estimate of drug-likeness (QED) is 0.699. The molecule has 0 radical (unpaired) electrons. The topological polar surface area (TPSA) is 71.3 Å². The Labute approximate surface area is 168 Å². The van der Waals surface area contributed by atoms with Crippen LogP contribution in [0.4, 0.5) is 4.79 Å². The third-order valence-electron chi connectivity index (χ3n) is 5.12. The molecule has 4 rings (SSSR count). The van der Waals surface area contributed by atoms with Gasteiger partial charge in [0.15, 0.2) is 0 Å². The number of rotatable bonds is 5. The van der Waals surface area contributed by atoms with E-state index in [4.69, 9.17) is 4.52 Å². The molecule has 1 atom stereocenters. The second kappa shape index (κ2) is 8.56. The summed E-state index contributed by atoms with van der Waals surface area (Å²) in [6.45, 7) is 4.14. The molecule has 1 aliphatic rings. The molecular formula is C21H24N4O2S. The maximum atomic E-state index is 12.5. The number of hydrogen-bond acceptors (Lipinski definition) is 5. The van der Waals surface area contributed by atoms with Gasteiger partial charge in [0.25, 0.3) is 0 Å². The average Bonchev–Trinajstić information content (AvgIpc) is 3.39. The highest BCUT2D eigenvalue weighted by Crippen LogP contribution is 2.24. The van der Waals surface area contributed by atoms with Crippen molar-refractivity contribution in [3.8, 4) is 11.4 Å². The molecule has 1 saturated heterocycles. The van der Waals surface area contributed by atoms with Crippen LogP contribution in [0, 0.1) is 12.8 Å². The van der Waals surface area contributed by atoms with E-state index in [1.54, 1.807) is 11.3 Å². The minimum Gasteiger partial charge on any atom is -0.339 e. The molecule has 7 heteroatoms. The maximum Gasteiger partial charge on any atom is 0.317 e. The highest BCUT2D eigenvalue weighted by Gasteiger charge is 2.25. The number of nitrogens with zero attached hydrogens (tertiary/aromatic N) is 3. The molecule has 1 fully saturated rings. The molecular weight excluding hydrogens is 372 g/mol. The lowest BCUT2D eigenvalue weighted by atomic mass is 9.95. The molecule has 0 saturated carbocycles. The van der Waals surface area contributed by atoms with Gasteiger partial charge in [-0.15, -0.1) is 11.3 Å². The number of aromatic nitrogens is 2. The third kappa shape index (κ3) is 4.42. The van der Waals surface area contributed by atoms with Crippen molar-refractivity contribution < 1.29 is 9.32 Å². The zero-order valence-corrected chi connectivity index (χ0v) is 16.7. The van der Waals surface area contributed by atoms with E-state index in [0.29, 0.717) is 30.6 Å². The lowest BCUT2D eigenvalue weighted by Gasteiger charge is -2.32. The summed E-state index contributed by atoms with van der Waals surface area (Å²) in [7, 11) is 0. The number of carbonyl (C=O) groups is 1. The fraction of sp³-hybridized carbons (Fsp3) is 0.381. The van der Waals surface area contributed by atoms with E-state index >= 15 is 0 Å². The highest BCUT2D eigenvalue weighted by molar-refractivity contribution is 7.09. The molecule has 1 aliphatic heterocycles. The largest absolute Gasteiger partial charge is 0.339 e. The van der Waals surface area contributed by atoms with Gasteiger partial charge in [0.1, 0.15) is 0 Å². The maximum absolute atomic E-state index is 12.5. The number of piperidine rings is 1. The number of benzene rings is 1. The lowest BCUT2D eigenvalue weighted by molar-refractivity contribution is 0.161. The van der Waals surface area contributed by atoms with E-state index < -0.39 is 0 Å². The molecule has 2 aromatic heterocycles. The Morgan fingerprint density at radius 2 is 2.21 bits per heavy atom. The molecule has 0 spiro atoms. The van der Waals surface area contributed by atoms with Gasteiger partial charge in [0.2, 0.25) is 11.7 Å². The van der Waals surface area contributed by atoms with Crippen molar-refractivity contribution in [2.45, 2.75) is 32.7 Å². The van der Waals surface area contributed by atoms with Gasteiger partial charge in [0, 0.05) is 30.0 Å². The van der Waals surface area contributed by atoms with Gasteiger partial charge in [0.05, 0.1) is 6.54 Å². The summed E-state index contributed by atoms with van der Waals surface area (Å²) in [6, 6.07) is 12.1. The first-order chi connectivity index (χ1) is 13.7. The smallest absolute Gasteiger partial charge is 0.317 e. The van der Waals surface area contributed by atoms with Crippen molar-refractivity contribution in [3.63, 3.8) is 0 Å². The highest BCUT2D eigenvalue weighted by atomic mass is 32.1. The standard InChI is InChI=1S/C21H24N4O2S/c1-15-6-2-3-9-18(15)20-23-19(27-24-20)12-16-7-4-10-25(14-16)21(26)22-13-17-8-5-11-28-17/h2-3,5-6,8-9,11,16H,4,7,10,12-14H2,1H3,(H,22,26)/t16-/m1/s1. The molecule has 0 unspecified atom stereocenters. The fourth-order valence-corrected chi connectivity index (χ4v) is 4.27. The zero-order chi connectivity index (χ0) is 19.3. The Morgan fingerprint density at radius 1 is 1.32 bits per heavy atom. The van der Waals surface area contributed by atoms with Crippen molar-refractivity contribution >= 4 is 17.4 Å². The summed E-state index contributed by atoms with van der Waals surface area (Å²) >= 11 is 1.65. The first-order valence-electron chi connectivity index (χ1n) is 9.63. The Morgan fingerprint density at radius 3 is 3.04 bits per heavy atom. The van der Waals surface area contributed by atoms with Crippen molar-refractivity contribution in [2.75, 3.05) is 13.1 Å². The van der Waals surface area contributed by atoms with Crippen LogP contribution in [0.15, 0.2) is 46.3 Å². The Hall–Kier alpha value is -2.67. The van der Waals surface area contributed by atoms with Crippen LogP contribution in [-0.2, 0) is 13.0 Å². The van der Waals surface area contributed by atoms with Gasteiger partial charge in [-0.3, -0.25) is 0 Å². The van der Waals surface area contributed by atoms with Gasteiger partial charge in [-0.1, -0.05) is 35.5 Å². The molecule has 28 heavy (non-hydrogen) atoms. The van der Waals surface area contributed by atoms with E-state index in [-0.39, 0.29) is 6.03 Å². The molecule has 3 heterocycles. The van der Waals surface area contributed by atoms with Gasteiger partial charge >= 0.3 is 6.03 Å². The predicted octanol–water partition coefficient (Wildman–Crippen LogP) is 4.27. The number of urea groups is 1. The van der Waals surface area contributed by atoms with Crippen LogP contribution >= 0.6 is 11.3 Å². The summed E-state index contributed by atoms with van der Waals surface area (Å²) in [6.07, 6.45) is 2.76. The molecule has 1 aromatic carbocycles. The van der Waals surface area contributed by atoms with Gasteiger partial charge < -0.3 is 14.7 Å². The van der Waals surface area contributed by atoms with Crippen LogP contribution in [0.5, 0.6) is 0 Å². The van der Waals surface area contributed by atoms with Gasteiger partial charge in [-0.05, 0) is 42.7 Å². The zero-order valence-electron chi connectivity index (χ0n) is 15.9. The summed E-state index contributed by atoms with van der Waals surface area (Å²) in [5.41, 5.74) is 2.12. The van der Waals surface area contributed by atoms with Crippen molar-refractivity contribution in [1.82, 2.24) is 20.4 Å². The molecule has 146 valence electrons. The van der Waals surface area contributed by atoms with E-state index in [9.17, 15) is 4.79 Å². The number of carbonyl (C=O) groups excluding carboxylic acids is 1. The van der Waals surface area contributed by atoms with E-state index in [2.05, 4.69) is 15.5 Å². The number of nitrogens with one attached hydrogen (secondary N) is 1. The summed E-state index contributed by atoms with van der Waals surface area (Å²) in [5.74, 6) is 1.62. The summed E-state index contributed by atoms with van der Waals surface area (Å²) in [5, 5.41) is 9.19. The lowest BCUT2D eigenvalue weighted by Crippen LogP contribution is -2.45. The van der Waals surface area contributed by atoms with E-state index in [1.165, 1.54) is 0 Å². The molecule has 1 N–H and O–H groups in total. The normalized spacial score (nSPS) is 16.9. The minimum atomic E-state index is 0.00392. The molecule has 0 aliphatic carbocycles. The van der Waals surface area contributed by atoms with Gasteiger partial charge in [-0.2, -0.15) is 4.98 Å². The van der Waals surface area contributed by atoms with Crippen LogP contribution in [0.2, 0.25) is 0 Å². The number of likely N-dealkylation sites (tertiary alicyclic amines) is 1. The molecule has 0 bridgehead atoms. The van der Waals surface area contributed by atoms with Crippen molar-refractivity contribution in [1.29, 1.82) is 0 Å². The first-order valence-corrected chi connectivity index (χ1v) is 10.5. The monoisotopic (exact) mass is 396 g/mol. The summed E-state index contributed by atoms with van der Waals surface area (Å²) in [4.78, 5) is 20.1. The summed E-state index contributed by atoms with van der Waals surface area (Å²) < 4.78 is 5.49. The SMILES string of the molecule is Cc1ccccc1-c1noc(C[C@H]2CCCN(C(=O)NCc3cccs3)C2)n1. The number of aryl methyl sites for hydroxylation is 1. The van der Waals surface area contributed by atoms with Crippen LogP contribution < -0.4 is 5.32 Å². The molecule has 3 aromatic rings. The van der Waals surface area contributed by atoms with E-state index in [0.717, 1.165) is 41.9 Å². The Kier molecular flexibility index (Phi) is 5.71. The number of hydrogen-bond donors (Lipinski definition) is 1. The predicted molar refractivity (Wildman–Crippen MR) is 109 cm³/mol. The van der Waals surface area contributed by atoms with Crippen LogP contribution in [0.25, 0.3) is 11.4 Å². The first kappa shape index (κ1) is 18.7. The van der Waals surface area contributed by atoms with Crippen LogP contribution in [0.3, 0.4) is 0 Å². The van der Waals surface area contributed by atoms with Crippen molar-refractivity contribution in [2.24, 2.45) is 5.92 Å². The number of thiophene rings is 1. The number of amides is 2. The third-order valence-corrected chi connectivity index (χ3v) is 5.99. The second-order valence-electron chi connectivity index (χ2n) is 7.22. The Balaban J connectivity index is 1.34.